The summed E-state index contributed by atoms with van der Waals surface area (Å²) in [5.41, 5.74) is 8.33. The predicted octanol–water partition coefficient (Wildman–Crippen LogP) is 3.14. The number of rotatable bonds is 1. The van der Waals surface area contributed by atoms with Crippen molar-refractivity contribution in [1.29, 1.82) is 0 Å². The number of aromatic nitrogens is 2. The fourth-order valence-corrected chi connectivity index (χ4v) is 2.15. The Hall–Kier alpha value is -1.94. The van der Waals surface area contributed by atoms with Crippen LogP contribution in [0.25, 0.3) is 17.1 Å². The largest absolute Gasteiger partial charge is 0.463 e. The molecule has 0 spiro atoms. The first-order valence-electron chi connectivity index (χ1n) is 5.14. The van der Waals surface area contributed by atoms with Crippen molar-refractivity contribution in [3.8, 4) is 11.5 Å². The van der Waals surface area contributed by atoms with Gasteiger partial charge in [-0.05, 0) is 30.7 Å². The molecule has 2 N–H and O–H groups in total. The summed E-state index contributed by atoms with van der Waals surface area (Å²) in [6, 6.07) is 5.47. The van der Waals surface area contributed by atoms with E-state index in [2.05, 4.69) is 4.98 Å². The van der Waals surface area contributed by atoms with Gasteiger partial charge in [-0.3, -0.25) is 4.40 Å². The average Bonchev–Trinajstić information content (AvgIpc) is 2.87. The molecule has 3 aromatic rings. The van der Waals surface area contributed by atoms with Gasteiger partial charge in [0.1, 0.15) is 11.5 Å². The van der Waals surface area contributed by atoms with Gasteiger partial charge in [0.15, 0.2) is 11.4 Å². The normalized spacial score (nSPS) is 11.2. The number of hydrogen-bond acceptors (Lipinski definition) is 3. The van der Waals surface area contributed by atoms with Crippen molar-refractivity contribution in [2.24, 2.45) is 0 Å². The Morgan fingerprint density at radius 2 is 2.29 bits per heavy atom. The highest BCUT2D eigenvalue weighted by molar-refractivity contribution is 6.33. The molecule has 0 aromatic carbocycles. The topological polar surface area (TPSA) is 56.5 Å². The first kappa shape index (κ1) is 10.2. The zero-order chi connectivity index (χ0) is 12.0. The van der Waals surface area contributed by atoms with E-state index >= 15 is 0 Å². The maximum absolute atomic E-state index is 6.14. The number of hydrogen-bond donors (Lipinski definition) is 1. The average molecular weight is 248 g/mol. The van der Waals surface area contributed by atoms with Gasteiger partial charge >= 0.3 is 0 Å². The van der Waals surface area contributed by atoms with Crippen molar-refractivity contribution in [2.45, 2.75) is 6.92 Å². The van der Waals surface area contributed by atoms with Crippen LogP contribution < -0.4 is 5.73 Å². The van der Waals surface area contributed by atoms with Gasteiger partial charge in [0.2, 0.25) is 0 Å². The number of imidazole rings is 1. The molecule has 5 heteroatoms. The third-order valence-corrected chi connectivity index (χ3v) is 2.88. The van der Waals surface area contributed by atoms with E-state index in [1.807, 2.05) is 25.3 Å². The van der Waals surface area contributed by atoms with Crippen LogP contribution in [0.2, 0.25) is 5.02 Å². The smallest absolute Gasteiger partial charge is 0.158 e. The van der Waals surface area contributed by atoms with Crippen LogP contribution >= 0.6 is 11.6 Å². The summed E-state index contributed by atoms with van der Waals surface area (Å²) in [5, 5.41) is 0.578. The minimum absolute atomic E-state index is 0.528. The second kappa shape index (κ2) is 3.53. The second-order valence-corrected chi connectivity index (χ2v) is 4.29. The van der Waals surface area contributed by atoms with Crippen LogP contribution in [0.15, 0.2) is 35.1 Å². The van der Waals surface area contributed by atoms with E-state index in [-0.39, 0.29) is 0 Å². The van der Waals surface area contributed by atoms with Gasteiger partial charge in [0, 0.05) is 6.20 Å². The lowest BCUT2D eigenvalue weighted by atomic mass is 10.3. The van der Waals surface area contributed by atoms with Gasteiger partial charge in [-0.1, -0.05) is 11.6 Å². The Bertz CT molecular complexity index is 685. The van der Waals surface area contributed by atoms with E-state index in [0.717, 1.165) is 5.56 Å². The zero-order valence-corrected chi connectivity index (χ0v) is 9.90. The molecule has 0 saturated carbocycles. The van der Waals surface area contributed by atoms with Crippen molar-refractivity contribution >= 4 is 23.1 Å². The van der Waals surface area contributed by atoms with Gasteiger partial charge in [-0.25, -0.2) is 4.98 Å². The predicted molar refractivity (Wildman–Crippen MR) is 67.1 cm³/mol. The highest BCUT2D eigenvalue weighted by Crippen LogP contribution is 2.30. The van der Waals surface area contributed by atoms with Gasteiger partial charge in [-0.15, -0.1) is 0 Å². The van der Waals surface area contributed by atoms with Crippen LogP contribution in [0.4, 0.5) is 5.82 Å². The summed E-state index contributed by atoms with van der Waals surface area (Å²) in [6.07, 6.45) is 3.49. The Labute approximate surface area is 103 Å². The van der Waals surface area contributed by atoms with Gasteiger partial charge in [-0.2, -0.15) is 0 Å². The molecule has 0 atom stereocenters. The fourth-order valence-electron chi connectivity index (χ4n) is 1.84. The summed E-state index contributed by atoms with van der Waals surface area (Å²) >= 11 is 6.14. The molecular weight excluding hydrogens is 238 g/mol. The fraction of sp³-hybridized carbons (Fsp3) is 0.0833. The van der Waals surface area contributed by atoms with Crippen molar-refractivity contribution in [3.05, 3.63) is 41.2 Å². The summed E-state index contributed by atoms with van der Waals surface area (Å²) in [5.74, 6) is 1.17. The Morgan fingerprint density at radius 1 is 1.47 bits per heavy atom. The SMILES string of the molecule is Cc1cc(Cl)c2nc(-c3ccco3)c(N)n2c1. The molecule has 4 nitrogen and oxygen atoms in total. The molecule has 3 rings (SSSR count). The number of nitrogens with two attached hydrogens (primary N) is 1. The molecule has 0 saturated heterocycles. The lowest BCUT2D eigenvalue weighted by molar-refractivity contribution is 0.581. The summed E-state index contributed by atoms with van der Waals surface area (Å²) in [7, 11) is 0. The van der Waals surface area contributed by atoms with Crippen LogP contribution in [0.3, 0.4) is 0 Å². The number of furan rings is 1. The van der Waals surface area contributed by atoms with E-state index in [1.54, 1.807) is 16.7 Å². The molecule has 0 aliphatic carbocycles. The second-order valence-electron chi connectivity index (χ2n) is 3.88. The lowest BCUT2D eigenvalue weighted by Gasteiger charge is -2.00. The zero-order valence-electron chi connectivity index (χ0n) is 9.14. The molecule has 0 radical (unpaired) electrons. The monoisotopic (exact) mass is 247 g/mol. The molecule has 3 heterocycles. The third-order valence-electron chi connectivity index (χ3n) is 2.60. The highest BCUT2D eigenvalue weighted by Gasteiger charge is 2.15. The summed E-state index contributed by atoms with van der Waals surface area (Å²) < 4.78 is 7.07. The van der Waals surface area contributed by atoms with Gasteiger partial charge in [0.25, 0.3) is 0 Å². The van der Waals surface area contributed by atoms with Crippen LogP contribution in [-0.4, -0.2) is 9.38 Å². The minimum atomic E-state index is 0.528. The maximum atomic E-state index is 6.14. The van der Waals surface area contributed by atoms with Crippen LogP contribution in [0.1, 0.15) is 5.56 Å². The molecule has 17 heavy (non-hydrogen) atoms. The van der Waals surface area contributed by atoms with E-state index in [1.165, 1.54) is 0 Å². The van der Waals surface area contributed by atoms with Crippen LogP contribution in [-0.2, 0) is 0 Å². The van der Waals surface area contributed by atoms with E-state index in [4.69, 9.17) is 21.8 Å². The highest BCUT2D eigenvalue weighted by atomic mass is 35.5. The molecule has 86 valence electrons. The number of pyridine rings is 1. The van der Waals surface area contributed by atoms with Crippen LogP contribution in [0, 0.1) is 6.92 Å². The van der Waals surface area contributed by atoms with E-state index in [0.29, 0.717) is 27.9 Å². The Kier molecular flexibility index (Phi) is 2.12. The van der Waals surface area contributed by atoms with E-state index < -0.39 is 0 Å². The molecule has 0 fully saturated rings. The first-order chi connectivity index (χ1) is 8.16. The summed E-state index contributed by atoms with van der Waals surface area (Å²) in [6.45, 7) is 1.96. The van der Waals surface area contributed by atoms with Crippen molar-refractivity contribution in [1.82, 2.24) is 9.38 Å². The number of halogens is 1. The molecule has 3 aromatic heterocycles. The summed E-state index contributed by atoms with van der Waals surface area (Å²) in [4.78, 5) is 4.41. The molecule has 0 aliphatic heterocycles. The molecule has 0 bridgehead atoms. The molecular formula is C12H10ClN3O. The quantitative estimate of drug-likeness (QED) is 0.719. The van der Waals surface area contributed by atoms with E-state index in [9.17, 15) is 0 Å². The third kappa shape index (κ3) is 1.49. The molecule has 0 amide bonds. The number of nitrogen functional groups attached to an aromatic ring is 1. The number of nitrogens with zero attached hydrogens (tertiary/aromatic N) is 2. The van der Waals surface area contributed by atoms with Gasteiger partial charge in [0.05, 0.1) is 11.3 Å². The van der Waals surface area contributed by atoms with Gasteiger partial charge < -0.3 is 10.2 Å². The van der Waals surface area contributed by atoms with Crippen molar-refractivity contribution in [3.63, 3.8) is 0 Å². The number of anilines is 1. The lowest BCUT2D eigenvalue weighted by Crippen LogP contribution is -1.94. The molecule has 0 unspecified atom stereocenters. The molecule has 0 aliphatic rings. The Morgan fingerprint density at radius 3 is 3.00 bits per heavy atom. The standard InChI is InChI=1S/C12H10ClN3O/c1-7-5-8(13)12-15-10(9-3-2-4-17-9)11(14)16(12)6-7/h2-6H,14H2,1H3. The number of fused-ring (bicyclic) bond motifs is 1. The Balaban J connectivity index is 2.36. The number of aryl methyl sites for hydroxylation is 1. The van der Waals surface area contributed by atoms with Crippen molar-refractivity contribution < 1.29 is 4.42 Å². The first-order valence-corrected chi connectivity index (χ1v) is 5.52. The van der Waals surface area contributed by atoms with Crippen LogP contribution in [0.5, 0.6) is 0 Å². The maximum Gasteiger partial charge on any atom is 0.158 e. The minimum Gasteiger partial charge on any atom is -0.463 e. The van der Waals surface area contributed by atoms with Crippen molar-refractivity contribution in [2.75, 3.05) is 5.73 Å².